The number of nitriles is 1. The lowest BCUT2D eigenvalue weighted by atomic mass is 9.90. The van der Waals surface area contributed by atoms with Gasteiger partial charge in [0.25, 0.3) is 0 Å². The Bertz CT molecular complexity index is 1210. The van der Waals surface area contributed by atoms with E-state index in [4.69, 9.17) is 4.74 Å². The Kier molecular flexibility index (Phi) is 8.02. The van der Waals surface area contributed by atoms with Gasteiger partial charge in [-0.25, -0.2) is 13.2 Å². The van der Waals surface area contributed by atoms with E-state index in [1.165, 1.54) is 0 Å². The van der Waals surface area contributed by atoms with Gasteiger partial charge in [0.15, 0.2) is 9.84 Å². The van der Waals surface area contributed by atoms with Crippen molar-refractivity contribution >= 4 is 27.7 Å². The Labute approximate surface area is 224 Å². The summed E-state index contributed by atoms with van der Waals surface area (Å²) in [6.45, 7) is 5.60. The van der Waals surface area contributed by atoms with E-state index in [9.17, 15) is 28.1 Å². The number of alkyl carbamates (subject to hydrolysis) is 1. The summed E-state index contributed by atoms with van der Waals surface area (Å²) in [6, 6.07) is 10.9. The van der Waals surface area contributed by atoms with Gasteiger partial charge in [-0.1, -0.05) is 30.3 Å². The van der Waals surface area contributed by atoms with Gasteiger partial charge in [0.2, 0.25) is 11.8 Å². The molecule has 1 aromatic carbocycles. The fraction of sp³-hybridized carbons (Fsp3) is 0.630. The maximum atomic E-state index is 13.8. The highest BCUT2D eigenvalue weighted by Gasteiger charge is 2.48. The molecule has 0 radical (unpaired) electrons. The topological polar surface area (TPSA) is 137 Å². The number of hydrogen-bond donors (Lipinski definition) is 1. The molecule has 3 fully saturated rings. The minimum absolute atomic E-state index is 0.0817. The van der Waals surface area contributed by atoms with E-state index in [-0.39, 0.29) is 49.0 Å². The lowest BCUT2D eigenvalue weighted by molar-refractivity contribution is -0.147. The minimum Gasteiger partial charge on any atom is -0.444 e. The third kappa shape index (κ3) is 6.29. The number of ether oxygens (including phenoxy) is 1. The molecule has 10 nitrogen and oxygen atoms in total. The van der Waals surface area contributed by atoms with Crippen LogP contribution in [0.5, 0.6) is 0 Å². The molecule has 11 heteroatoms. The zero-order valence-electron chi connectivity index (χ0n) is 22.1. The highest BCUT2D eigenvalue weighted by molar-refractivity contribution is 7.91. The van der Waals surface area contributed by atoms with Crippen LogP contribution in [0.4, 0.5) is 4.79 Å². The standard InChI is InChI=1S/C27H36N4O6S/c1-27(2,3)37-26(34)29-14-20-17-38(35,36)12-11-21-9-10-23(31(21)24(20)32)25(33)30-15-19(13-28)22(16-30)18-7-5-4-6-8-18/h4-8,19-23H,9-12,14-17H2,1-3H3,(H,29,34)/t19-,20?,21-,22+,23+/m1/s1. The van der Waals surface area contributed by atoms with Gasteiger partial charge in [-0.2, -0.15) is 5.26 Å². The monoisotopic (exact) mass is 544 g/mol. The van der Waals surface area contributed by atoms with Crippen LogP contribution in [-0.2, 0) is 24.2 Å². The Morgan fingerprint density at radius 3 is 2.50 bits per heavy atom. The number of fused-ring (bicyclic) bond motifs is 1. The molecule has 3 aliphatic rings. The van der Waals surface area contributed by atoms with Crippen molar-refractivity contribution in [3.05, 3.63) is 35.9 Å². The predicted octanol–water partition coefficient (Wildman–Crippen LogP) is 2.07. The van der Waals surface area contributed by atoms with Crippen molar-refractivity contribution in [2.24, 2.45) is 11.8 Å². The number of sulfone groups is 1. The van der Waals surface area contributed by atoms with E-state index < -0.39 is 45.2 Å². The first-order valence-electron chi connectivity index (χ1n) is 13.1. The van der Waals surface area contributed by atoms with E-state index in [0.717, 1.165) is 5.56 Å². The van der Waals surface area contributed by atoms with Crippen LogP contribution < -0.4 is 5.32 Å². The summed E-state index contributed by atoms with van der Waals surface area (Å²) >= 11 is 0. The fourth-order valence-corrected chi connectivity index (χ4v) is 7.43. The number of likely N-dealkylation sites (tertiary alicyclic amines) is 1. The number of rotatable bonds is 4. The van der Waals surface area contributed by atoms with Gasteiger partial charge in [-0.3, -0.25) is 9.59 Å². The molecule has 0 aromatic heterocycles. The van der Waals surface area contributed by atoms with E-state index in [0.29, 0.717) is 19.4 Å². The number of carbonyl (C=O) groups is 3. The number of nitrogens with one attached hydrogen (secondary N) is 1. The molecule has 1 N–H and O–H groups in total. The molecule has 3 aliphatic heterocycles. The van der Waals surface area contributed by atoms with Gasteiger partial charge in [-0.15, -0.1) is 0 Å². The second-order valence-corrected chi connectivity index (χ2v) is 13.7. The maximum Gasteiger partial charge on any atom is 0.407 e. The first-order chi connectivity index (χ1) is 17.9. The van der Waals surface area contributed by atoms with E-state index in [1.807, 2.05) is 30.3 Å². The van der Waals surface area contributed by atoms with Crippen molar-refractivity contribution in [3.63, 3.8) is 0 Å². The summed E-state index contributed by atoms with van der Waals surface area (Å²) in [5, 5.41) is 12.3. The Morgan fingerprint density at radius 1 is 1.13 bits per heavy atom. The van der Waals surface area contributed by atoms with Crippen molar-refractivity contribution in [1.82, 2.24) is 15.1 Å². The van der Waals surface area contributed by atoms with Gasteiger partial charge in [0, 0.05) is 31.6 Å². The third-order valence-electron chi connectivity index (χ3n) is 7.53. The summed E-state index contributed by atoms with van der Waals surface area (Å²) in [5.41, 5.74) is 0.257. The molecule has 4 rings (SSSR count). The van der Waals surface area contributed by atoms with Crippen molar-refractivity contribution in [2.45, 2.75) is 63.6 Å². The van der Waals surface area contributed by atoms with E-state index in [1.54, 1.807) is 30.6 Å². The number of nitrogens with zero attached hydrogens (tertiary/aromatic N) is 3. The first kappa shape index (κ1) is 27.9. The van der Waals surface area contributed by atoms with Crippen LogP contribution in [0.2, 0.25) is 0 Å². The molecule has 5 atom stereocenters. The molecule has 3 saturated heterocycles. The molecule has 1 unspecified atom stereocenters. The van der Waals surface area contributed by atoms with Gasteiger partial charge in [0.1, 0.15) is 11.6 Å². The van der Waals surface area contributed by atoms with Gasteiger partial charge in [0.05, 0.1) is 29.4 Å². The van der Waals surface area contributed by atoms with Gasteiger partial charge < -0.3 is 19.9 Å². The summed E-state index contributed by atoms with van der Waals surface area (Å²) in [7, 11) is -3.52. The molecule has 38 heavy (non-hydrogen) atoms. The number of hydrogen-bond acceptors (Lipinski definition) is 7. The first-order valence-corrected chi connectivity index (χ1v) is 14.9. The minimum atomic E-state index is -3.52. The second kappa shape index (κ2) is 10.9. The number of amides is 3. The van der Waals surface area contributed by atoms with Crippen molar-refractivity contribution in [2.75, 3.05) is 31.1 Å². The smallest absolute Gasteiger partial charge is 0.407 e. The molecule has 1 aromatic rings. The molecule has 0 aliphatic carbocycles. The Balaban J connectivity index is 1.52. The Morgan fingerprint density at radius 2 is 1.84 bits per heavy atom. The lowest BCUT2D eigenvalue weighted by Gasteiger charge is -2.36. The molecule has 0 bridgehead atoms. The number of benzene rings is 1. The van der Waals surface area contributed by atoms with Crippen LogP contribution in [0, 0.1) is 23.2 Å². The SMILES string of the molecule is CC(C)(C)OC(=O)NCC1CS(=O)(=O)CC[C@H]2CC[C@@H](C(=O)N3C[C@@H](C#N)[C@H](c4ccccc4)C3)N2C1=O. The molecule has 3 heterocycles. The summed E-state index contributed by atoms with van der Waals surface area (Å²) in [5.74, 6) is -2.61. The van der Waals surface area contributed by atoms with E-state index in [2.05, 4.69) is 11.4 Å². The molecular weight excluding hydrogens is 508 g/mol. The van der Waals surface area contributed by atoms with Crippen molar-refractivity contribution in [3.8, 4) is 6.07 Å². The average Bonchev–Trinajstić information content (AvgIpc) is 3.48. The third-order valence-corrected chi connectivity index (χ3v) is 9.29. The van der Waals surface area contributed by atoms with Crippen LogP contribution >= 0.6 is 0 Å². The Hall–Kier alpha value is -3.13. The van der Waals surface area contributed by atoms with Gasteiger partial charge in [-0.05, 0) is 45.6 Å². The normalized spacial score (nSPS) is 29.1. The summed E-state index contributed by atoms with van der Waals surface area (Å²) in [4.78, 5) is 43.0. The molecule has 0 saturated carbocycles. The van der Waals surface area contributed by atoms with Crippen LogP contribution in [-0.4, -0.2) is 84.9 Å². The highest BCUT2D eigenvalue weighted by atomic mass is 32.2. The van der Waals surface area contributed by atoms with Gasteiger partial charge >= 0.3 is 6.09 Å². The molecule has 3 amide bonds. The highest BCUT2D eigenvalue weighted by Crippen LogP contribution is 2.36. The number of carbonyl (C=O) groups excluding carboxylic acids is 3. The quantitative estimate of drug-likeness (QED) is 0.613. The molecular formula is C27H36N4O6S. The molecule has 0 spiro atoms. The summed E-state index contributed by atoms with van der Waals surface area (Å²) < 4.78 is 30.6. The van der Waals surface area contributed by atoms with Crippen LogP contribution in [0.25, 0.3) is 0 Å². The molecule has 206 valence electrons. The van der Waals surface area contributed by atoms with Crippen LogP contribution in [0.15, 0.2) is 30.3 Å². The fourth-order valence-electron chi connectivity index (χ4n) is 5.76. The average molecular weight is 545 g/mol. The zero-order valence-corrected chi connectivity index (χ0v) is 22.9. The maximum absolute atomic E-state index is 13.8. The van der Waals surface area contributed by atoms with Crippen molar-refractivity contribution < 1.29 is 27.5 Å². The summed E-state index contributed by atoms with van der Waals surface area (Å²) in [6.07, 6.45) is 0.506. The second-order valence-electron chi connectivity index (χ2n) is 11.5. The van der Waals surface area contributed by atoms with Crippen LogP contribution in [0.1, 0.15) is 51.5 Å². The largest absolute Gasteiger partial charge is 0.444 e. The van der Waals surface area contributed by atoms with E-state index >= 15 is 0 Å². The van der Waals surface area contributed by atoms with Crippen LogP contribution in [0.3, 0.4) is 0 Å². The lowest BCUT2D eigenvalue weighted by Crippen LogP contribution is -2.55. The zero-order chi connectivity index (χ0) is 27.7. The van der Waals surface area contributed by atoms with Crippen molar-refractivity contribution in [1.29, 1.82) is 5.26 Å². The predicted molar refractivity (Wildman–Crippen MR) is 140 cm³/mol.